The van der Waals surface area contributed by atoms with Gasteiger partial charge in [0.1, 0.15) is 0 Å². The van der Waals surface area contributed by atoms with Gasteiger partial charge in [0, 0.05) is 18.7 Å². The van der Waals surface area contributed by atoms with E-state index in [9.17, 15) is 9.90 Å². The second-order valence-corrected chi connectivity index (χ2v) is 3.68. The number of rotatable bonds is 5. The van der Waals surface area contributed by atoms with Crippen molar-refractivity contribution >= 4 is 11.6 Å². The van der Waals surface area contributed by atoms with Crippen LogP contribution in [0, 0.1) is 0 Å². The quantitative estimate of drug-likeness (QED) is 0.656. The van der Waals surface area contributed by atoms with Crippen LogP contribution in [0.5, 0.6) is 0 Å². The number of hydrogen-bond acceptors (Lipinski definition) is 3. The van der Waals surface area contributed by atoms with E-state index in [4.69, 9.17) is 5.73 Å². The van der Waals surface area contributed by atoms with Gasteiger partial charge in [-0.05, 0) is 31.0 Å². The highest BCUT2D eigenvalue weighted by molar-refractivity contribution is 5.75. The van der Waals surface area contributed by atoms with Gasteiger partial charge in [0.25, 0.3) is 0 Å². The number of nitrogens with two attached hydrogens (primary N) is 1. The first kappa shape index (κ1) is 12.5. The molecule has 0 aliphatic carbocycles. The average molecular weight is 222 g/mol. The molecule has 0 aliphatic rings. The smallest absolute Gasteiger partial charge is 0.220 e. The molecular weight excluding hydrogens is 204 g/mol. The highest BCUT2D eigenvalue weighted by Gasteiger charge is 2.09. The van der Waals surface area contributed by atoms with Crippen molar-refractivity contribution in [3.8, 4) is 0 Å². The van der Waals surface area contributed by atoms with E-state index in [-0.39, 0.29) is 5.91 Å². The van der Waals surface area contributed by atoms with E-state index in [0.717, 1.165) is 5.56 Å². The monoisotopic (exact) mass is 222 g/mol. The number of hydrogen-bond donors (Lipinski definition) is 3. The molecule has 88 valence electrons. The predicted octanol–water partition coefficient (Wildman–Crippen LogP) is 1.22. The lowest BCUT2D eigenvalue weighted by molar-refractivity contribution is -0.121. The molecule has 0 saturated carbocycles. The topological polar surface area (TPSA) is 75.3 Å². The third-order valence-electron chi connectivity index (χ3n) is 2.31. The molecule has 1 atom stereocenters. The largest absolute Gasteiger partial charge is 0.399 e. The number of carbonyl (C=O) groups is 1. The second-order valence-electron chi connectivity index (χ2n) is 3.68. The van der Waals surface area contributed by atoms with Crippen LogP contribution >= 0.6 is 0 Å². The van der Waals surface area contributed by atoms with Crippen molar-refractivity contribution < 1.29 is 9.90 Å². The number of aliphatic hydroxyl groups excluding tert-OH is 1. The fourth-order valence-corrected chi connectivity index (χ4v) is 1.49. The average Bonchev–Trinajstić information content (AvgIpc) is 2.26. The minimum atomic E-state index is -0.633. The zero-order valence-corrected chi connectivity index (χ0v) is 9.44. The lowest BCUT2D eigenvalue weighted by atomic mass is 10.0. The summed E-state index contributed by atoms with van der Waals surface area (Å²) < 4.78 is 0. The number of anilines is 1. The number of benzene rings is 1. The van der Waals surface area contributed by atoms with Gasteiger partial charge in [-0.2, -0.15) is 0 Å². The maximum atomic E-state index is 11.2. The van der Waals surface area contributed by atoms with Gasteiger partial charge in [0.2, 0.25) is 5.91 Å². The molecule has 0 heterocycles. The third-order valence-corrected chi connectivity index (χ3v) is 2.31. The van der Waals surface area contributed by atoms with Gasteiger partial charge in [-0.15, -0.1) is 0 Å². The molecule has 1 unspecified atom stereocenters. The molecular formula is C12H18N2O2. The highest BCUT2D eigenvalue weighted by atomic mass is 16.3. The van der Waals surface area contributed by atoms with Crippen LogP contribution in [0.4, 0.5) is 5.69 Å². The molecule has 0 saturated heterocycles. The fraction of sp³-hybridized carbons (Fsp3) is 0.417. The Kier molecular flexibility index (Phi) is 4.79. The first-order chi connectivity index (χ1) is 7.63. The molecule has 1 aromatic carbocycles. The SMILES string of the molecule is CCNC(=O)CCC(O)c1cccc(N)c1. The number of amides is 1. The number of nitrogen functional groups attached to an aromatic ring is 1. The first-order valence-corrected chi connectivity index (χ1v) is 5.43. The number of nitrogens with one attached hydrogen (secondary N) is 1. The van der Waals surface area contributed by atoms with Crippen molar-refractivity contribution in [1.82, 2.24) is 5.32 Å². The summed E-state index contributed by atoms with van der Waals surface area (Å²) in [6.45, 7) is 2.49. The molecule has 4 nitrogen and oxygen atoms in total. The molecule has 0 aliphatic heterocycles. The highest BCUT2D eigenvalue weighted by Crippen LogP contribution is 2.19. The molecule has 0 radical (unpaired) electrons. The Morgan fingerprint density at radius 2 is 2.31 bits per heavy atom. The van der Waals surface area contributed by atoms with Crippen LogP contribution in [-0.2, 0) is 4.79 Å². The lowest BCUT2D eigenvalue weighted by Gasteiger charge is -2.11. The second kappa shape index (κ2) is 6.12. The summed E-state index contributed by atoms with van der Waals surface area (Å²) in [4.78, 5) is 11.2. The molecule has 1 amide bonds. The number of aliphatic hydroxyl groups is 1. The van der Waals surface area contributed by atoms with Crippen LogP contribution in [0.3, 0.4) is 0 Å². The summed E-state index contributed by atoms with van der Waals surface area (Å²) in [6, 6.07) is 7.08. The summed E-state index contributed by atoms with van der Waals surface area (Å²) in [6.07, 6.45) is 0.102. The molecule has 4 N–H and O–H groups in total. The van der Waals surface area contributed by atoms with Gasteiger partial charge >= 0.3 is 0 Å². The fourth-order valence-electron chi connectivity index (χ4n) is 1.49. The molecule has 4 heteroatoms. The van der Waals surface area contributed by atoms with Gasteiger partial charge in [-0.1, -0.05) is 12.1 Å². The van der Waals surface area contributed by atoms with Gasteiger partial charge in [-0.3, -0.25) is 4.79 Å². The standard InChI is InChI=1S/C12H18N2O2/c1-2-14-12(16)7-6-11(15)9-4-3-5-10(13)8-9/h3-5,8,11,15H,2,6-7,13H2,1H3,(H,14,16). The molecule has 1 aromatic rings. The Hall–Kier alpha value is -1.55. The van der Waals surface area contributed by atoms with E-state index in [1.165, 1.54) is 0 Å². The van der Waals surface area contributed by atoms with Crippen molar-refractivity contribution in [3.63, 3.8) is 0 Å². The normalized spacial score (nSPS) is 12.1. The van der Waals surface area contributed by atoms with Crippen molar-refractivity contribution in [2.45, 2.75) is 25.9 Å². The Morgan fingerprint density at radius 1 is 1.56 bits per heavy atom. The van der Waals surface area contributed by atoms with Gasteiger partial charge < -0.3 is 16.2 Å². The summed E-state index contributed by atoms with van der Waals surface area (Å²) in [7, 11) is 0. The maximum Gasteiger partial charge on any atom is 0.220 e. The van der Waals surface area contributed by atoms with E-state index in [1.54, 1.807) is 24.3 Å². The molecule has 0 bridgehead atoms. The molecule has 16 heavy (non-hydrogen) atoms. The van der Waals surface area contributed by atoms with Gasteiger partial charge in [-0.25, -0.2) is 0 Å². The van der Waals surface area contributed by atoms with E-state index < -0.39 is 6.10 Å². The van der Waals surface area contributed by atoms with Crippen molar-refractivity contribution in [3.05, 3.63) is 29.8 Å². The van der Waals surface area contributed by atoms with E-state index in [1.807, 2.05) is 6.92 Å². The minimum Gasteiger partial charge on any atom is -0.399 e. The Labute approximate surface area is 95.5 Å². The van der Waals surface area contributed by atoms with Crippen LogP contribution in [0.1, 0.15) is 31.4 Å². The predicted molar refractivity (Wildman–Crippen MR) is 63.7 cm³/mol. The van der Waals surface area contributed by atoms with Crippen LogP contribution in [0.25, 0.3) is 0 Å². The van der Waals surface area contributed by atoms with Crippen molar-refractivity contribution in [2.75, 3.05) is 12.3 Å². The Morgan fingerprint density at radius 3 is 2.94 bits per heavy atom. The van der Waals surface area contributed by atoms with Gasteiger partial charge in [0.05, 0.1) is 6.10 Å². The zero-order chi connectivity index (χ0) is 12.0. The molecule has 0 fully saturated rings. The summed E-state index contributed by atoms with van der Waals surface area (Å²) >= 11 is 0. The van der Waals surface area contributed by atoms with Crippen LogP contribution in [-0.4, -0.2) is 17.6 Å². The van der Waals surface area contributed by atoms with E-state index in [2.05, 4.69) is 5.32 Å². The molecule has 0 aromatic heterocycles. The summed E-state index contributed by atoms with van der Waals surface area (Å²) in [5.41, 5.74) is 6.98. The lowest BCUT2D eigenvalue weighted by Crippen LogP contribution is -2.22. The Balaban J connectivity index is 2.46. The van der Waals surface area contributed by atoms with Crippen LogP contribution in [0.15, 0.2) is 24.3 Å². The Bertz CT molecular complexity index is 353. The third kappa shape index (κ3) is 3.90. The van der Waals surface area contributed by atoms with Crippen LogP contribution < -0.4 is 11.1 Å². The minimum absolute atomic E-state index is 0.0366. The first-order valence-electron chi connectivity index (χ1n) is 5.43. The maximum absolute atomic E-state index is 11.2. The molecule has 1 rings (SSSR count). The summed E-state index contributed by atoms with van der Waals surface area (Å²) in [5, 5.41) is 12.5. The van der Waals surface area contributed by atoms with Crippen molar-refractivity contribution in [1.29, 1.82) is 0 Å². The van der Waals surface area contributed by atoms with E-state index in [0.29, 0.717) is 25.1 Å². The number of carbonyl (C=O) groups excluding carboxylic acids is 1. The van der Waals surface area contributed by atoms with Crippen LogP contribution in [0.2, 0.25) is 0 Å². The van der Waals surface area contributed by atoms with E-state index >= 15 is 0 Å². The van der Waals surface area contributed by atoms with Gasteiger partial charge in [0.15, 0.2) is 0 Å². The molecule has 0 spiro atoms. The van der Waals surface area contributed by atoms with Crippen molar-refractivity contribution in [2.24, 2.45) is 0 Å². The summed E-state index contributed by atoms with van der Waals surface area (Å²) in [5.74, 6) is -0.0366. The zero-order valence-electron chi connectivity index (χ0n) is 9.44.